The van der Waals surface area contributed by atoms with Gasteiger partial charge in [-0.3, -0.25) is 4.79 Å². The van der Waals surface area contributed by atoms with Crippen molar-refractivity contribution >= 4 is 6.41 Å². The highest BCUT2D eigenvalue weighted by Crippen LogP contribution is 1.94. The van der Waals surface area contributed by atoms with Crippen molar-refractivity contribution in [3.8, 4) is 0 Å². The standard InChI is InChI=1S/C8H14NO/c1-4-5-9(7-10)6-8(2)3/h4,8H,1,5-6H2,2-3H3. The lowest BCUT2D eigenvalue weighted by Crippen LogP contribution is -2.26. The summed E-state index contributed by atoms with van der Waals surface area (Å²) in [5, 5.41) is 0. The predicted octanol–water partition coefficient (Wildman–Crippen LogP) is 1.20. The minimum Gasteiger partial charge on any atom is -0.330 e. The van der Waals surface area contributed by atoms with E-state index in [9.17, 15) is 4.79 Å². The van der Waals surface area contributed by atoms with Gasteiger partial charge in [0.25, 0.3) is 0 Å². The number of rotatable bonds is 5. The van der Waals surface area contributed by atoms with Gasteiger partial charge in [-0.2, -0.15) is 0 Å². The molecule has 0 rings (SSSR count). The van der Waals surface area contributed by atoms with Crippen LogP contribution in [0.5, 0.6) is 0 Å². The molecule has 1 radical (unpaired) electrons. The molecule has 0 aliphatic rings. The van der Waals surface area contributed by atoms with Crippen molar-refractivity contribution in [3.05, 3.63) is 12.7 Å². The molecule has 0 bridgehead atoms. The maximum atomic E-state index is 10.2. The molecule has 0 saturated carbocycles. The first-order valence-electron chi connectivity index (χ1n) is 3.44. The fraction of sp³-hybridized carbons (Fsp3) is 0.625. The molecule has 2 heteroatoms. The average molecular weight is 140 g/mol. The van der Waals surface area contributed by atoms with Gasteiger partial charge >= 0.3 is 6.41 Å². The first-order chi connectivity index (χ1) is 4.70. The van der Waals surface area contributed by atoms with Gasteiger partial charge in [0, 0.05) is 13.1 Å². The van der Waals surface area contributed by atoms with E-state index in [1.54, 1.807) is 11.0 Å². The van der Waals surface area contributed by atoms with Gasteiger partial charge < -0.3 is 4.90 Å². The summed E-state index contributed by atoms with van der Waals surface area (Å²) in [6, 6.07) is 0. The summed E-state index contributed by atoms with van der Waals surface area (Å²) < 4.78 is 0. The highest BCUT2D eigenvalue weighted by molar-refractivity contribution is 5.48. The van der Waals surface area contributed by atoms with E-state index in [4.69, 9.17) is 0 Å². The molecule has 0 spiro atoms. The van der Waals surface area contributed by atoms with Crippen molar-refractivity contribution in [1.29, 1.82) is 0 Å². The van der Waals surface area contributed by atoms with E-state index in [2.05, 4.69) is 20.4 Å². The molecule has 2 nitrogen and oxygen atoms in total. The number of hydrogen-bond donors (Lipinski definition) is 0. The first kappa shape index (κ1) is 9.21. The lowest BCUT2D eigenvalue weighted by molar-refractivity contribution is 0.365. The summed E-state index contributed by atoms with van der Waals surface area (Å²) in [5.74, 6) is 0.501. The van der Waals surface area contributed by atoms with E-state index in [-0.39, 0.29) is 0 Å². The molecule has 0 aromatic carbocycles. The zero-order chi connectivity index (χ0) is 7.98. The summed E-state index contributed by atoms with van der Waals surface area (Å²) in [4.78, 5) is 11.8. The van der Waals surface area contributed by atoms with Crippen LogP contribution < -0.4 is 0 Å². The van der Waals surface area contributed by atoms with Gasteiger partial charge in [-0.25, -0.2) is 0 Å². The van der Waals surface area contributed by atoms with Crippen molar-refractivity contribution in [2.45, 2.75) is 13.8 Å². The highest BCUT2D eigenvalue weighted by Gasteiger charge is 2.01. The molecule has 0 heterocycles. The van der Waals surface area contributed by atoms with Gasteiger partial charge in [0.2, 0.25) is 0 Å². The average Bonchev–Trinajstić information content (AvgIpc) is 1.86. The van der Waals surface area contributed by atoms with E-state index in [0.29, 0.717) is 12.5 Å². The Morgan fingerprint density at radius 1 is 1.70 bits per heavy atom. The minimum absolute atomic E-state index is 0.501. The molecule has 0 unspecified atom stereocenters. The third-order valence-electron chi connectivity index (χ3n) is 1.06. The molecule has 10 heavy (non-hydrogen) atoms. The topological polar surface area (TPSA) is 20.3 Å². The molecule has 0 fully saturated rings. The Hall–Kier alpha value is -0.790. The summed E-state index contributed by atoms with van der Waals surface area (Å²) in [6.07, 6.45) is 3.55. The number of nitrogens with zero attached hydrogens (tertiary/aromatic N) is 1. The third kappa shape index (κ3) is 4.13. The van der Waals surface area contributed by atoms with Gasteiger partial charge in [-0.05, 0) is 5.92 Å². The molecule has 0 N–H and O–H groups in total. The van der Waals surface area contributed by atoms with Crippen molar-refractivity contribution in [3.63, 3.8) is 0 Å². The molecule has 0 aromatic rings. The van der Waals surface area contributed by atoms with Crippen LogP contribution in [-0.4, -0.2) is 24.4 Å². The maximum Gasteiger partial charge on any atom is 0.312 e. The molecule has 0 aromatic heterocycles. The van der Waals surface area contributed by atoms with Crippen molar-refractivity contribution in [2.24, 2.45) is 5.92 Å². The predicted molar refractivity (Wildman–Crippen MR) is 42.3 cm³/mol. The van der Waals surface area contributed by atoms with E-state index < -0.39 is 0 Å². The lowest BCUT2D eigenvalue weighted by Gasteiger charge is -2.15. The second-order valence-electron chi connectivity index (χ2n) is 2.68. The van der Waals surface area contributed by atoms with E-state index in [1.807, 2.05) is 6.41 Å². The number of hydrogen-bond acceptors (Lipinski definition) is 1. The van der Waals surface area contributed by atoms with E-state index in [0.717, 1.165) is 6.54 Å². The van der Waals surface area contributed by atoms with Crippen LogP contribution in [0.4, 0.5) is 0 Å². The van der Waals surface area contributed by atoms with Crippen LogP contribution in [0.2, 0.25) is 0 Å². The third-order valence-corrected chi connectivity index (χ3v) is 1.06. The van der Waals surface area contributed by atoms with Crippen molar-refractivity contribution in [2.75, 3.05) is 13.1 Å². The second-order valence-corrected chi connectivity index (χ2v) is 2.68. The second kappa shape index (κ2) is 5.03. The monoisotopic (exact) mass is 140 g/mol. The molecular weight excluding hydrogens is 126 g/mol. The first-order valence-corrected chi connectivity index (χ1v) is 3.44. The van der Waals surface area contributed by atoms with Crippen LogP contribution in [0, 0.1) is 5.92 Å². The summed E-state index contributed by atoms with van der Waals surface area (Å²) in [5.41, 5.74) is 0. The van der Waals surface area contributed by atoms with Crippen LogP contribution in [-0.2, 0) is 4.79 Å². The van der Waals surface area contributed by atoms with Gasteiger partial charge in [-0.1, -0.05) is 19.9 Å². The SMILES string of the molecule is C=CCN([C]=O)CC(C)C. The fourth-order valence-electron chi connectivity index (χ4n) is 0.746. The van der Waals surface area contributed by atoms with Crippen LogP contribution in [0.3, 0.4) is 0 Å². The molecular formula is C8H14NO. The zero-order valence-electron chi connectivity index (χ0n) is 6.63. The van der Waals surface area contributed by atoms with E-state index >= 15 is 0 Å². The quantitative estimate of drug-likeness (QED) is 0.415. The minimum atomic E-state index is 0.501. The van der Waals surface area contributed by atoms with Crippen LogP contribution in [0.15, 0.2) is 12.7 Å². The van der Waals surface area contributed by atoms with Crippen molar-refractivity contribution in [1.82, 2.24) is 4.90 Å². The van der Waals surface area contributed by atoms with Gasteiger partial charge in [0.1, 0.15) is 0 Å². The molecule has 57 valence electrons. The number of amides is 1. The molecule has 0 saturated heterocycles. The lowest BCUT2D eigenvalue weighted by atomic mass is 10.2. The Morgan fingerprint density at radius 3 is 2.60 bits per heavy atom. The van der Waals surface area contributed by atoms with Crippen LogP contribution in [0.25, 0.3) is 0 Å². The van der Waals surface area contributed by atoms with Gasteiger partial charge in [0.05, 0.1) is 0 Å². The maximum absolute atomic E-state index is 10.2. The normalized spacial score (nSPS) is 9.50. The Labute approximate surface area is 62.5 Å². The Balaban J connectivity index is 3.59. The van der Waals surface area contributed by atoms with E-state index in [1.165, 1.54) is 0 Å². The summed E-state index contributed by atoms with van der Waals surface area (Å²) >= 11 is 0. The summed E-state index contributed by atoms with van der Waals surface area (Å²) in [6.45, 7) is 9.02. The van der Waals surface area contributed by atoms with Gasteiger partial charge in [-0.15, -0.1) is 6.58 Å². The summed E-state index contributed by atoms with van der Waals surface area (Å²) in [7, 11) is 0. The molecule has 1 amide bonds. The Bertz CT molecular complexity index is 110. The largest absolute Gasteiger partial charge is 0.330 e. The fourth-order valence-corrected chi connectivity index (χ4v) is 0.746. The van der Waals surface area contributed by atoms with Crippen molar-refractivity contribution < 1.29 is 4.79 Å². The molecule has 0 aliphatic heterocycles. The zero-order valence-corrected chi connectivity index (χ0v) is 6.63. The Morgan fingerprint density at radius 2 is 2.30 bits per heavy atom. The van der Waals surface area contributed by atoms with Crippen LogP contribution >= 0.6 is 0 Å². The molecule has 0 aliphatic carbocycles. The van der Waals surface area contributed by atoms with Gasteiger partial charge in [0.15, 0.2) is 0 Å². The van der Waals surface area contributed by atoms with Crippen LogP contribution in [0.1, 0.15) is 13.8 Å². The molecule has 0 atom stereocenters. The Kier molecular flexibility index (Phi) is 4.63. The number of carbonyl (C=O) groups excluding carboxylic acids is 1. The smallest absolute Gasteiger partial charge is 0.312 e. The highest BCUT2D eigenvalue weighted by atomic mass is 16.1.